The van der Waals surface area contributed by atoms with Gasteiger partial charge >= 0.3 is 7.82 Å². The van der Waals surface area contributed by atoms with Gasteiger partial charge in [-0.05, 0) is 6.92 Å². The van der Waals surface area contributed by atoms with E-state index in [1.165, 1.54) is 0 Å². The van der Waals surface area contributed by atoms with E-state index in [2.05, 4.69) is 4.52 Å². The molecule has 1 rings (SSSR count). The molecule has 2 unspecified atom stereocenters. The molecule has 8 heteroatoms. The van der Waals surface area contributed by atoms with E-state index in [9.17, 15) is 9.46 Å². The number of phosphoric acid groups is 1. The summed E-state index contributed by atoms with van der Waals surface area (Å²) in [4.78, 5) is 9.22. The lowest BCUT2D eigenvalue weighted by atomic mass is 10.2. The topological polar surface area (TPSA) is 100 Å². The summed E-state index contributed by atoms with van der Waals surface area (Å²) in [5, 5.41) is 0. The molecule has 1 heterocycles. The van der Waals surface area contributed by atoms with Crippen LogP contribution in [0.5, 0.6) is 0 Å². The second-order valence-electron chi connectivity index (χ2n) is 3.46. The van der Waals surface area contributed by atoms with Crippen molar-refractivity contribution in [2.45, 2.75) is 25.2 Å². The maximum absolute atomic E-state index is 11.3. The molecule has 1 saturated heterocycles. The molecule has 0 bridgehead atoms. The molecule has 0 aromatic heterocycles. The number of phosphoric ester groups is 1. The van der Waals surface area contributed by atoms with Gasteiger partial charge in [0.2, 0.25) is 0 Å². The molecule has 0 aromatic carbocycles. The van der Waals surface area contributed by atoms with E-state index in [0.29, 0.717) is 19.8 Å². The van der Waals surface area contributed by atoms with Crippen LogP contribution < -0.4 is 5.73 Å². The van der Waals surface area contributed by atoms with E-state index in [1.54, 1.807) is 6.92 Å². The average molecular weight is 255 g/mol. The van der Waals surface area contributed by atoms with Gasteiger partial charge in [-0.15, -0.1) is 0 Å². The third-order valence-electron chi connectivity index (χ3n) is 2.29. The predicted molar refractivity (Wildman–Crippen MR) is 55.9 cm³/mol. The van der Waals surface area contributed by atoms with Crippen LogP contribution in [0.2, 0.25) is 0 Å². The van der Waals surface area contributed by atoms with E-state index >= 15 is 0 Å². The molecule has 96 valence electrons. The number of hydrogen-bond acceptors (Lipinski definition) is 6. The normalized spacial score (nSPS) is 33.9. The summed E-state index contributed by atoms with van der Waals surface area (Å²) in [6.45, 7) is 2.78. The maximum atomic E-state index is 11.3. The van der Waals surface area contributed by atoms with Crippen LogP contribution in [0.4, 0.5) is 0 Å². The van der Waals surface area contributed by atoms with Crippen LogP contribution in [0.1, 0.15) is 6.92 Å². The molecule has 1 fully saturated rings. The standard InChI is InChI=1S/C8H18NO6P/c1-6-8(15-16(10,11)12-2)7(5-14-6)13-4-3-9/h6-8H,3-5,9H2,1-2H3,(H,10,11)/t6-,7-,8?/m1/s1. The fraction of sp³-hybridized carbons (Fsp3) is 1.00. The van der Waals surface area contributed by atoms with Crippen molar-refractivity contribution < 1.29 is 28.0 Å². The van der Waals surface area contributed by atoms with Crippen LogP contribution in [0.25, 0.3) is 0 Å². The van der Waals surface area contributed by atoms with E-state index < -0.39 is 20.0 Å². The first-order valence-electron chi connectivity index (χ1n) is 5.00. The van der Waals surface area contributed by atoms with Gasteiger partial charge in [0.1, 0.15) is 12.2 Å². The van der Waals surface area contributed by atoms with Crippen molar-refractivity contribution in [1.82, 2.24) is 0 Å². The predicted octanol–water partition coefficient (Wildman–Crippen LogP) is -0.119. The molecule has 0 aliphatic carbocycles. The molecule has 3 N–H and O–H groups in total. The van der Waals surface area contributed by atoms with Crippen molar-refractivity contribution in [1.29, 1.82) is 0 Å². The molecule has 0 saturated carbocycles. The van der Waals surface area contributed by atoms with Crippen molar-refractivity contribution in [2.24, 2.45) is 5.73 Å². The van der Waals surface area contributed by atoms with Gasteiger partial charge in [0.25, 0.3) is 0 Å². The van der Waals surface area contributed by atoms with Crippen LogP contribution >= 0.6 is 7.82 Å². The van der Waals surface area contributed by atoms with Gasteiger partial charge in [0.05, 0.1) is 19.3 Å². The Morgan fingerprint density at radius 2 is 2.31 bits per heavy atom. The van der Waals surface area contributed by atoms with Gasteiger partial charge in [-0.2, -0.15) is 0 Å². The third-order valence-corrected chi connectivity index (χ3v) is 3.26. The summed E-state index contributed by atoms with van der Waals surface area (Å²) in [5.41, 5.74) is 5.30. The first-order chi connectivity index (χ1) is 7.50. The fourth-order valence-corrected chi connectivity index (χ4v) is 2.15. The minimum atomic E-state index is -4.02. The highest BCUT2D eigenvalue weighted by atomic mass is 31.2. The molecule has 1 aliphatic heterocycles. The average Bonchev–Trinajstić information content (AvgIpc) is 2.57. The first-order valence-corrected chi connectivity index (χ1v) is 6.50. The molecular weight excluding hydrogens is 237 g/mol. The van der Waals surface area contributed by atoms with Crippen LogP contribution in [0.3, 0.4) is 0 Å². The first kappa shape index (κ1) is 14.1. The van der Waals surface area contributed by atoms with Gasteiger partial charge in [0, 0.05) is 13.7 Å². The summed E-state index contributed by atoms with van der Waals surface area (Å²) in [6, 6.07) is 0. The van der Waals surface area contributed by atoms with E-state index in [0.717, 1.165) is 7.11 Å². The Morgan fingerprint density at radius 1 is 1.62 bits per heavy atom. The lowest BCUT2D eigenvalue weighted by Crippen LogP contribution is -2.34. The number of rotatable bonds is 6. The lowest BCUT2D eigenvalue weighted by molar-refractivity contribution is -0.0147. The maximum Gasteiger partial charge on any atom is 0.472 e. The van der Waals surface area contributed by atoms with Crippen molar-refractivity contribution in [3.63, 3.8) is 0 Å². The Bertz CT molecular complexity index is 263. The summed E-state index contributed by atoms with van der Waals surface area (Å²) in [7, 11) is -2.91. The minimum absolute atomic E-state index is 0.315. The zero-order chi connectivity index (χ0) is 12.2. The third kappa shape index (κ3) is 3.78. The summed E-state index contributed by atoms with van der Waals surface area (Å²) in [6.07, 6.45) is -1.34. The molecule has 0 spiro atoms. The van der Waals surface area contributed by atoms with E-state index in [1.807, 2.05) is 0 Å². The molecule has 0 radical (unpaired) electrons. The fourth-order valence-electron chi connectivity index (χ4n) is 1.45. The Labute approximate surface area is 94.4 Å². The Balaban J connectivity index is 2.56. The van der Waals surface area contributed by atoms with Crippen LogP contribution in [0.15, 0.2) is 0 Å². The molecule has 4 atom stereocenters. The smallest absolute Gasteiger partial charge is 0.373 e. The molecule has 7 nitrogen and oxygen atoms in total. The summed E-state index contributed by atoms with van der Waals surface area (Å²) < 4.78 is 31.3. The minimum Gasteiger partial charge on any atom is -0.373 e. The van der Waals surface area contributed by atoms with Crippen LogP contribution in [0, 0.1) is 0 Å². The highest BCUT2D eigenvalue weighted by Crippen LogP contribution is 2.45. The zero-order valence-electron chi connectivity index (χ0n) is 9.37. The number of nitrogens with two attached hydrogens (primary N) is 1. The monoisotopic (exact) mass is 255 g/mol. The molecule has 16 heavy (non-hydrogen) atoms. The largest absolute Gasteiger partial charge is 0.472 e. The highest BCUT2D eigenvalue weighted by molar-refractivity contribution is 7.47. The molecule has 0 amide bonds. The van der Waals surface area contributed by atoms with Crippen molar-refractivity contribution in [3.05, 3.63) is 0 Å². The van der Waals surface area contributed by atoms with E-state index in [4.69, 9.17) is 19.7 Å². The molecular formula is C8H18NO6P. The molecule has 0 aromatic rings. The van der Waals surface area contributed by atoms with Crippen molar-refractivity contribution in [3.8, 4) is 0 Å². The van der Waals surface area contributed by atoms with Crippen LogP contribution in [-0.4, -0.2) is 50.1 Å². The van der Waals surface area contributed by atoms with Crippen molar-refractivity contribution in [2.75, 3.05) is 26.9 Å². The number of hydrogen-bond donors (Lipinski definition) is 2. The van der Waals surface area contributed by atoms with Gasteiger partial charge < -0.3 is 20.1 Å². The van der Waals surface area contributed by atoms with Gasteiger partial charge in [-0.1, -0.05) is 0 Å². The summed E-state index contributed by atoms with van der Waals surface area (Å²) in [5.74, 6) is 0. The van der Waals surface area contributed by atoms with Crippen molar-refractivity contribution >= 4 is 7.82 Å². The van der Waals surface area contributed by atoms with Gasteiger partial charge in [0.15, 0.2) is 0 Å². The quantitative estimate of drug-likeness (QED) is 0.638. The second kappa shape index (κ2) is 6.07. The van der Waals surface area contributed by atoms with E-state index in [-0.39, 0.29) is 6.10 Å². The Kier molecular flexibility index (Phi) is 5.33. The lowest BCUT2D eigenvalue weighted by Gasteiger charge is -2.22. The molecule has 1 aliphatic rings. The highest BCUT2D eigenvalue weighted by Gasteiger charge is 2.41. The Hall–Kier alpha value is -0.0100. The Morgan fingerprint density at radius 3 is 2.88 bits per heavy atom. The van der Waals surface area contributed by atoms with Gasteiger partial charge in [-0.3, -0.25) is 9.05 Å². The second-order valence-corrected chi connectivity index (χ2v) is 4.97. The van der Waals surface area contributed by atoms with Crippen LogP contribution in [-0.2, 0) is 23.1 Å². The SMILES string of the molecule is COP(=O)(O)OC1[C@@H](C)OC[C@H]1OCCN. The number of ether oxygens (including phenoxy) is 2. The van der Waals surface area contributed by atoms with Gasteiger partial charge in [-0.25, -0.2) is 4.57 Å². The summed E-state index contributed by atoms with van der Waals surface area (Å²) >= 11 is 0. The zero-order valence-corrected chi connectivity index (χ0v) is 10.3.